The summed E-state index contributed by atoms with van der Waals surface area (Å²) in [5, 5.41) is 11.8. The summed E-state index contributed by atoms with van der Waals surface area (Å²) in [5.41, 5.74) is 2.44. The van der Waals surface area contributed by atoms with Crippen LogP contribution in [0.15, 0.2) is 29.8 Å². The summed E-state index contributed by atoms with van der Waals surface area (Å²) in [4.78, 5) is 24.1. The van der Waals surface area contributed by atoms with Crippen molar-refractivity contribution in [1.82, 2.24) is 4.57 Å². The van der Waals surface area contributed by atoms with Crippen LogP contribution < -0.4 is 5.32 Å². The van der Waals surface area contributed by atoms with Gasteiger partial charge in [0, 0.05) is 17.9 Å². The third-order valence-electron chi connectivity index (χ3n) is 4.36. The number of nitrogens with zero attached hydrogens (tertiary/aromatic N) is 2. The van der Waals surface area contributed by atoms with Gasteiger partial charge in [-0.2, -0.15) is 5.26 Å². The summed E-state index contributed by atoms with van der Waals surface area (Å²) < 4.78 is 20.7. The van der Waals surface area contributed by atoms with Gasteiger partial charge < -0.3 is 14.6 Å². The van der Waals surface area contributed by atoms with E-state index in [-0.39, 0.29) is 16.8 Å². The standard InChI is InChI=1S/C21H22FN3O3/c1-5-8-25-13(2)9-16(14(25)3)10-17(12-23)20(26)24-19-11-15(21(27)28-4)6-7-18(19)22/h6-7,9-11H,5,8H2,1-4H3,(H,24,26)/b17-10+. The van der Waals surface area contributed by atoms with E-state index in [1.54, 1.807) is 0 Å². The Morgan fingerprint density at radius 2 is 2.04 bits per heavy atom. The Hall–Kier alpha value is -3.40. The topological polar surface area (TPSA) is 84.1 Å². The van der Waals surface area contributed by atoms with Gasteiger partial charge in [-0.1, -0.05) is 6.92 Å². The Balaban J connectivity index is 2.33. The molecule has 0 aliphatic carbocycles. The van der Waals surface area contributed by atoms with Crippen molar-refractivity contribution < 1.29 is 18.7 Å². The third kappa shape index (κ3) is 4.46. The highest BCUT2D eigenvalue weighted by molar-refractivity contribution is 6.10. The monoisotopic (exact) mass is 383 g/mol. The van der Waals surface area contributed by atoms with Gasteiger partial charge >= 0.3 is 5.97 Å². The number of hydrogen-bond donors (Lipinski definition) is 1. The SMILES string of the molecule is CCCn1c(C)cc(/C=C(\C#N)C(=O)Nc2cc(C(=O)OC)ccc2F)c1C. The van der Waals surface area contributed by atoms with E-state index >= 15 is 0 Å². The number of amides is 1. The lowest BCUT2D eigenvalue weighted by atomic mass is 10.1. The van der Waals surface area contributed by atoms with Crippen LogP contribution in [0, 0.1) is 31.0 Å². The van der Waals surface area contributed by atoms with Crippen molar-refractivity contribution in [2.75, 3.05) is 12.4 Å². The number of methoxy groups -OCH3 is 1. The lowest BCUT2D eigenvalue weighted by Crippen LogP contribution is -2.15. The van der Waals surface area contributed by atoms with Gasteiger partial charge in [0.15, 0.2) is 0 Å². The Morgan fingerprint density at radius 3 is 2.64 bits per heavy atom. The largest absolute Gasteiger partial charge is 0.465 e. The van der Waals surface area contributed by atoms with Gasteiger partial charge in [0.1, 0.15) is 17.5 Å². The summed E-state index contributed by atoms with van der Waals surface area (Å²) in [7, 11) is 1.20. The van der Waals surface area contributed by atoms with E-state index in [4.69, 9.17) is 0 Å². The van der Waals surface area contributed by atoms with Crippen molar-refractivity contribution in [3.63, 3.8) is 0 Å². The minimum Gasteiger partial charge on any atom is -0.465 e. The number of carbonyl (C=O) groups excluding carboxylic acids is 2. The zero-order valence-corrected chi connectivity index (χ0v) is 16.3. The van der Waals surface area contributed by atoms with Crippen molar-refractivity contribution in [2.45, 2.75) is 33.7 Å². The predicted molar refractivity (Wildman–Crippen MR) is 104 cm³/mol. The fourth-order valence-electron chi connectivity index (χ4n) is 2.90. The third-order valence-corrected chi connectivity index (χ3v) is 4.36. The Labute approximate surface area is 163 Å². The number of benzene rings is 1. The minimum absolute atomic E-state index is 0.0878. The van der Waals surface area contributed by atoms with Crippen molar-refractivity contribution in [3.05, 3.63) is 58.2 Å². The summed E-state index contributed by atoms with van der Waals surface area (Å²) >= 11 is 0. The highest BCUT2D eigenvalue weighted by Gasteiger charge is 2.16. The van der Waals surface area contributed by atoms with Crippen molar-refractivity contribution >= 4 is 23.6 Å². The highest BCUT2D eigenvalue weighted by atomic mass is 19.1. The molecule has 2 rings (SSSR count). The molecular formula is C21H22FN3O3. The average Bonchev–Trinajstić information content (AvgIpc) is 2.94. The molecule has 1 aromatic heterocycles. The van der Waals surface area contributed by atoms with Crippen LogP contribution in [0.4, 0.5) is 10.1 Å². The van der Waals surface area contributed by atoms with Crippen LogP contribution >= 0.6 is 0 Å². The number of aromatic nitrogens is 1. The highest BCUT2D eigenvalue weighted by Crippen LogP contribution is 2.21. The molecule has 0 bridgehead atoms. The van der Waals surface area contributed by atoms with Gasteiger partial charge in [-0.05, 0) is 56.2 Å². The van der Waals surface area contributed by atoms with Crippen LogP contribution in [-0.4, -0.2) is 23.6 Å². The number of halogens is 1. The van der Waals surface area contributed by atoms with E-state index in [9.17, 15) is 19.2 Å². The second-order valence-electron chi connectivity index (χ2n) is 6.29. The molecule has 0 saturated carbocycles. The van der Waals surface area contributed by atoms with Crippen LogP contribution in [0.3, 0.4) is 0 Å². The molecular weight excluding hydrogens is 361 g/mol. The first-order valence-corrected chi connectivity index (χ1v) is 8.80. The number of esters is 1. The van der Waals surface area contributed by atoms with Crippen molar-refractivity contribution in [3.8, 4) is 6.07 Å². The van der Waals surface area contributed by atoms with Gasteiger partial charge in [0.05, 0.1) is 18.4 Å². The van der Waals surface area contributed by atoms with Crippen LogP contribution in [0.25, 0.3) is 6.08 Å². The zero-order valence-electron chi connectivity index (χ0n) is 16.3. The molecule has 1 heterocycles. The fraction of sp³-hybridized carbons (Fsp3) is 0.286. The summed E-state index contributed by atoms with van der Waals surface area (Å²) in [5.74, 6) is -2.14. The van der Waals surface area contributed by atoms with Gasteiger partial charge in [-0.3, -0.25) is 4.79 Å². The number of nitrogens with one attached hydrogen (secondary N) is 1. The minimum atomic E-state index is -0.760. The van der Waals surface area contributed by atoms with Crippen LogP contribution in [0.5, 0.6) is 0 Å². The predicted octanol–water partition coefficient (Wildman–Crippen LogP) is 3.99. The van der Waals surface area contributed by atoms with Crippen molar-refractivity contribution in [1.29, 1.82) is 5.26 Å². The van der Waals surface area contributed by atoms with E-state index in [1.165, 1.54) is 25.3 Å². The molecule has 0 saturated heterocycles. The molecule has 1 aromatic carbocycles. The second-order valence-corrected chi connectivity index (χ2v) is 6.29. The number of anilines is 1. The number of ether oxygens (including phenoxy) is 1. The Morgan fingerprint density at radius 1 is 1.32 bits per heavy atom. The maximum atomic E-state index is 14.0. The van der Waals surface area contributed by atoms with Gasteiger partial charge in [0.2, 0.25) is 0 Å². The summed E-state index contributed by atoms with van der Waals surface area (Å²) in [6.45, 7) is 6.78. The number of hydrogen-bond acceptors (Lipinski definition) is 4. The number of rotatable bonds is 6. The first-order chi connectivity index (χ1) is 13.3. The number of nitriles is 1. The first kappa shape index (κ1) is 20.9. The molecule has 0 aliphatic rings. The van der Waals surface area contributed by atoms with Gasteiger partial charge in [0.25, 0.3) is 5.91 Å². The van der Waals surface area contributed by atoms with Crippen LogP contribution in [0.1, 0.15) is 40.7 Å². The first-order valence-electron chi connectivity index (χ1n) is 8.80. The smallest absolute Gasteiger partial charge is 0.337 e. The lowest BCUT2D eigenvalue weighted by Gasteiger charge is -2.08. The molecule has 146 valence electrons. The second kappa shape index (κ2) is 9.00. The molecule has 0 unspecified atom stereocenters. The van der Waals surface area contributed by atoms with Crippen LogP contribution in [-0.2, 0) is 16.1 Å². The molecule has 2 aromatic rings. The molecule has 0 fully saturated rings. The molecule has 1 N–H and O–H groups in total. The lowest BCUT2D eigenvalue weighted by molar-refractivity contribution is -0.112. The van der Waals surface area contributed by atoms with Gasteiger partial charge in [-0.15, -0.1) is 0 Å². The number of aryl methyl sites for hydroxylation is 1. The molecule has 0 aliphatic heterocycles. The molecule has 1 amide bonds. The maximum Gasteiger partial charge on any atom is 0.337 e. The van der Waals surface area contributed by atoms with E-state index in [0.29, 0.717) is 0 Å². The van der Waals surface area contributed by atoms with E-state index in [2.05, 4.69) is 21.5 Å². The zero-order chi connectivity index (χ0) is 20.8. The normalized spacial score (nSPS) is 11.1. The quantitative estimate of drug-likeness (QED) is 0.464. The van der Waals surface area contributed by atoms with Crippen molar-refractivity contribution in [2.24, 2.45) is 0 Å². The Kier molecular flexibility index (Phi) is 6.72. The average molecular weight is 383 g/mol. The molecule has 0 radical (unpaired) electrons. The van der Waals surface area contributed by atoms with E-state index in [0.717, 1.165) is 36.0 Å². The maximum absolute atomic E-state index is 14.0. The molecule has 7 heteroatoms. The molecule has 0 atom stereocenters. The molecule has 28 heavy (non-hydrogen) atoms. The van der Waals surface area contributed by atoms with E-state index < -0.39 is 17.7 Å². The van der Waals surface area contributed by atoms with E-state index in [1.807, 2.05) is 26.0 Å². The number of carbonyl (C=O) groups is 2. The summed E-state index contributed by atoms with van der Waals surface area (Å²) in [6.07, 6.45) is 2.44. The van der Waals surface area contributed by atoms with Gasteiger partial charge in [-0.25, -0.2) is 9.18 Å². The fourth-order valence-corrected chi connectivity index (χ4v) is 2.90. The molecule has 0 spiro atoms. The molecule has 6 nitrogen and oxygen atoms in total. The summed E-state index contributed by atoms with van der Waals surface area (Å²) in [6, 6.07) is 7.22. The van der Waals surface area contributed by atoms with Crippen LogP contribution in [0.2, 0.25) is 0 Å². The Bertz CT molecular complexity index is 984.